The number of hydrogen-bond acceptors (Lipinski definition) is 3. The Morgan fingerprint density at radius 2 is 1.68 bits per heavy atom. The molecule has 2 aromatic rings. The molecule has 1 heterocycles. The van der Waals surface area contributed by atoms with Crippen molar-refractivity contribution in [2.45, 2.75) is 27.7 Å². The summed E-state index contributed by atoms with van der Waals surface area (Å²) in [7, 11) is 1.68. The molecule has 0 amide bonds. The zero-order valence-electron chi connectivity index (χ0n) is 11.8. The van der Waals surface area contributed by atoms with Gasteiger partial charge in [0.1, 0.15) is 16.7 Å². The Kier molecular flexibility index (Phi) is 3.76. The van der Waals surface area contributed by atoms with Crippen LogP contribution in [-0.2, 0) is 0 Å². The average molecular weight is 277 g/mol. The van der Waals surface area contributed by atoms with Gasteiger partial charge in [0, 0.05) is 11.1 Å². The van der Waals surface area contributed by atoms with E-state index in [1.807, 2.05) is 26.8 Å². The molecule has 0 N–H and O–H groups in total. The van der Waals surface area contributed by atoms with Crippen molar-refractivity contribution < 1.29 is 4.74 Å². The van der Waals surface area contributed by atoms with Crippen LogP contribution in [0.1, 0.15) is 22.5 Å². The molecule has 0 spiro atoms. The Balaban J connectivity index is 2.76. The van der Waals surface area contributed by atoms with E-state index in [2.05, 4.69) is 23.0 Å². The van der Waals surface area contributed by atoms with Crippen molar-refractivity contribution in [2.24, 2.45) is 0 Å². The Labute approximate surface area is 118 Å². The van der Waals surface area contributed by atoms with E-state index in [1.165, 1.54) is 5.56 Å². The summed E-state index contributed by atoms with van der Waals surface area (Å²) in [6.07, 6.45) is 0. The molecule has 0 unspecified atom stereocenters. The van der Waals surface area contributed by atoms with Crippen molar-refractivity contribution in [3.8, 4) is 17.0 Å². The number of ether oxygens (including phenoxy) is 1. The molecule has 0 radical (unpaired) electrons. The van der Waals surface area contributed by atoms with Crippen molar-refractivity contribution >= 4 is 11.6 Å². The second-order valence-electron chi connectivity index (χ2n) is 4.62. The quantitative estimate of drug-likeness (QED) is 0.777. The molecule has 0 atom stereocenters. The van der Waals surface area contributed by atoms with Gasteiger partial charge in [0.15, 0.2) is 0 Å². The van der Waals surface area contributed by atoms with Crippen LogP contribution in [-0.4, -0.2) is 17.1 Å². The van der Waals surface area contributed by atoms with Crippen LogP contribution in [0.4, 0.5) is 0 Å². The second-order valence-corrected chi connectivity index (χ2v) is 4.98. The maximum atomic E-state index is 6.14. The third-order valence-corrected chi connectivity index (χ3v) is 3.70. The summed E-state index contributed by atoms with van der Waals surface area (Å²) >= 11 is 6.14. The Bertz CT molecular complexity index is 639. The van der Waals surface area contributed by atoms with Crippen molar-refractivity contribution in [3.63, 3.8) is 0 Å². The number of nitrogens with zero attached hydrogens (tertiary/aromatic N) is 2. The topological polar surface area (TPSA) is 35.0 Å². The van der Waals surface area contributed by atoms with Gasteiger partial charge in [-0.3, -0.25) is 0 Å². The molecule has 0 saturated carbocycles. The molecule has 2 rings (SSSR count). The highest BCUT2D eigenvalue weighted by molar-refractivity contribution is 6.30. The Hall–Kier alpha value is -1.61. The van der Waals surface area contributed by atoms with E-state index in [0.29, 0.717) is 11.0 Å². The summed E-state index contributed by atoms with van der Waals surface area (Å²) in [5.74, 6) is 1.50. The molecule has 0 aliphatic carbocycles. The summed E-state index contributed by atoms with van der Waals surface area (Å²) in [5.41, 5.74) is 4.96. The first-order valence-electron chi connectivity index (χ1n) is 6.11. The van der Waals surface area contributed by atoms with E-state index in [4.69, 9.17) is 16.3 Å². The normalized spacial score (nSPS) is 10.6. The summed E-state index contributed by atoms with van der Waals surface area (Å²) < 4.78 is 5.54. The zero-order valence-corrected chi connectivity index (χ0v) is 12.6. The highest BCUT2D eigenvalue weighted by atomic mass is 35.5. The van der Waals surface area contributed by atoms with Crippen LogP contribution < -0.4 is 4.74 Å². The monoisotopic (exact) mass is 276 g/mol. The first-order valence-corrected chi connectivity index (χ1v) is 6.48. The molecule has 0 aliphatic rings. The summed E-state index contributed by atoms with van der Waals surface area (Å²) in [6, 6.07) is 4.09. The van der Waals surface area contributed by atoms with Crippen LogP contribution >= 0.6 is 11.6 Å². The van der Waals surface area contributed by atoms with Crippen molar-refractivity contribution in [2.75, 3.05) is 7.11 Å². The second kappa shape index (κ2) is 5.17. The van der Waals surface area contributed by atoms with Gasteiger partial charge in [-0.2, -0.15) is 0 Å². The zero-order chi connectivity index (χ0) is 14.2. The van der Waals surface area contributed by atoms with Gasteiger partial charge in [0.2, 0.25) is 0 Å². The first-order chi connectivity index (χ1) is 8.95. The van der Waals surface area contributed by atoms with E-state index in [9.17, 15) is 0 Å². The lowest BCUT2D eigenvalue weighted by Crippen LogP contribution is -2.00. The van der Waals surface area contributed by atoms with Gasteiger partial charge < -0.3 is 4.74 Å². The SMILES string of the molecule is COc1c(-c2nc(C)nc(Cl)c2C)ccc(C)c1C. The van der Waals surface area contributed by atoms with E-state index in [1.54, 1.807) is 7.11 Å². The van der Waals surface area contributed by atoms with Crippen LogP contribution in [0.15, 0.2) is 12.1 Å². The predicted octanol–water partition coefficient (Wildman–Crippen LogP) is 4.04. The van der Waals surface area contributed by atoms with E-state index < -0.39 is 0 Å². The molecule has 0 bridgehead atoms. The van der Waals surface area contributed by atoms with Gasteiger partial charge >= 0.3 is 0 Å². The lowest BCUT2D eigenvalue weighted by atomic mass is 10.00. The van der Waals surface area contributed by atoms with E-state index >= 15 is 0 Å². The van der Waals surface area contributed by atoms with Crippen LogP contribution in [0.25, 0.3) is 11.3 Å². The fraction of sp³-hybridized carbons (Fsp3) is 0.333. The smallest absolute Gasteiger partial charge is 0.136 e. The molecule has 1 aromatic carbocycles. The van der Waals surface area contributed by atoms with Crippen molar-refractivity contribution in [1.29, 1.82) is 0 Å². The number of rotatable bonds is 2. The molecule has 0 aliphatic heterocycles. The highest BCUT2D eigenvalue weighted by Gasteiger charge is 2.16. The maximum Gasteiger partial charge on any atom is 0.136 e. The highest BCUT2D eigenvalue weighted by Crippen LogP contribution is 2.36. The maximum absolute atomic E-state index is 6.14. The number of aryl methyl sites for hydroxylation is 2. The number of aromatic nitrogens is 2. The van der Waals surface area contributed by atoms with E-state index in [-0.39, 0.29) is 0 Å². The molecule has 19 heavy (non-hydrogen) atoms. The van der Waals surface area contributed by atoms with Crippen LogP contribution in [0.5, 0.6) is 5.75 Å². The molecule has 4 heteroatoms. The lowest BCUT2D eigenvalue weighted by Gasteiger charge is -2.15. The minimum Gasteiger partial charge on any atom is -0.496 e. The average Bonchev–Trinajstić information content (AvgIpc) is 2.37. The Morgan fingerprint density at radius 3 is 2.32 bits per heavy atom. The lowest BCUT2D eigenvalue weighted by molar-refractivity contribution is 0.413. The largest absolute Gasteiger partial charge is 0.496 e. The predicted molar refractivity (Wildman–Crippen MR) is 78.0 cm³/mol. The van der Waals surface area contributed by atoms with Gasteiger partial charge in [-0.15, -0.1) is 0 Å². The number of hydrogen-bond donors (Lipinski definition) is 0. The molecule has 0 saturated heterocycles. The molecule has 0 fully saturated rings. The standard InChI is InChI=1S/C15H17ClN2O/c1-8-6-7-12(14(19-5)9(8)2)13-10(3)15(16)18-11(4)17-13/h6-7H,1-5H3. The van der Waals surface area contributed by atoms with Gasteiger partial charge in [0.05, 0.1) is 12.8 Å². The third kappa shape index (κ3) is 2.43. The van der Waals surface area contributed by atoms with Gasteiger partial charge in [0.25, 0.3) is 0 Å². The Morgan fingerprint density at radius 1 is 1.00 bits per heavy atom. The van der Waals surface area contributed by atoms with Gasteiger partial charge in [-0.25, -0.2) is 9.97 Å². The van der Waals surface area contributed by atoms with Crippen LogP contribution in [0.2, 0.25) is 5.15 Å². The fourth-order valence-electron chi connectivity index (χ4n) is 2.10. The molecule has 100 valence electrons. The summed E-state index contributed by atoms with van der Waals surface area (Å²) in [6.45, 7) is 7.86. The minimum absolute atomic E-state index is 0.489. The number of benzene rings is 1. The van der Waals surface area contributed by atoms with Crippen molar-refractivity contribution in [1.82, 2.24) is 9.97 Å². The van der Waals surface area contributed by atoms with Gasteiger partial charge in [-0.05, 0) is 44.9 Å². The molecular weight excluding hydrogens is 260 g/mol. The molecule has 1 aromatic heterocycles. The van der Waals surface area contributed by atoms with Crippen molar-refractivity contribution in [3.05, 3.63) is 39.8 Å². The van der Waals surface area contributed by atoms with Gasteiger partial charge in [-0.1, -0.05) is 17.7 Å². The summed E-state index contributed by atoms with van der Waals surface area (Å²) in [5, 5.41) is 0.489. The first kappa shape index (κ1) is 13.8. The number of halogens is 1. The molecule has 3 nitrogen and oxygen atoms in total. The van der Waals surface area contributed by atoms with Crippen LogP contribution in [0.3, 0.4) is 0 Å². The van der Waals surface area contributed by atoms with Crippen LogP contribution in [0, 0.1) is 27.7 Å². The number of methoxy groups -OCH3 is 1. The molecular formula is C15H17ClN2O. The summed E-state index contributed by atoms with van der Waals surface area (Å²) in [4.78, 5) is 8.68. The third-order valence-electron chi connectivity index (χ3n) is 3.33. The minimum atomic E-state index is 0.489. The van der Waals surface area contributed by atoms with E-state index in [0.717, 1.165) is 28.1 Å². The fourth-order valence-corrected chi connectivity index (χ4v) is 2.31.